The zero-order chi connectivity index (χ0) is 18.7. The number of ether oxygens (including phenoxy) is 1. The zero-order valence-corrected chi connectivity index (χ0v) is 14.6. The van der Waals surface area contributed by atoms with E-state index in [2.05, 4.69) is 13.8 Å². The van der Waals surface area contributed by atoms with Crippen LogP contribution in [0.1, 0.15) is 52.5 Å². The summed E-state index contributed by atoms with van der Waals surface area (Å²) in [5.74, 6) is -0.909. The number of imide groups is 1. The lowest BCUT2D eigenvalue weighted by Gasteiger charge is -2.13. The second-order valence-corrected chi connectivity index (χ2v) is 6.24. The van der Waals surface area contributed by atoms with E-state index in [1.54, 1.807) is 12.1 Å². The Morgan fingerprint density at radius 3 is 2.08 bits per heavy atom. The van der Waals surface area contributed by atoms with Crippen LogP contribution in [-0.2, 0) is 9.63 Å². The summed E-state index contributed by atoms with van der Waals surface area (Å²) in [6, 6.07) is 14.0. The van der Waals surface area contributed by atoms with E-state index in [1.807, 2.05) is 24.3 Å². The van der Waals surface area contributed by atoms with Crippen molar-refractivity contribution in [3.8, 4) is 5.75 Å². The van der Waals surface area contributed by atoms with Gasteiger partial charge >= 0.3 is 5.97 Å². The number of amides is 2. The monoisotopic (exact) mass is 353 g/mol. The van der Waals surface area contributed by atoms with Crippen LogP contribution in [0.5, 0.6) is 5.75 Å². The summed E-state index contributed by atoms with van der Waals surface area (Å²) < 4.78 is 5.50. The largest absolute Gasteiger partial charge is 0.493 e. The van der Waals surface area contributed by atoms with Crippen molar-refractivity contribution in [1.82, 2.24) is 5.06 Å². The molecule has 0 spiro atoms. The predicted molar refractivity (Wildman–Crippen MR) is 93.7 cm³/mol. The minimum absolute atomic E-state index is 0.0840. The van der Waals surface area contributed by atoms with Gasteiger partial charge in [0.25, 0.3) is 11.8 Å². The SMILES string of the molecule is CC(C)c1ccc(OCCC(=O)ON2C(=O)c3ccccc3C2=O)cc1. The molecular formula is C20H19NO5. The molecule has 0 atom stereocenters. The van der Waals surface area contributed by atoms with Gasteiger partial charge < -0.3 is 9.57 Å². The fraction of sp³-hybridized carbons (Fsp3) is 0.250. The molecule has 6 nitrogen and oxygen atoms in total. The summed E-state index contributed by atoms with van der Waals surface area (Å²) in [4.78, 5) is 41.1. The van der Waals surface area contributed by atoms with Crippen molar-refractivity contribution in [2.75, 3.05) is 6.61 Å². The summed E-state index contributed by atoms with van der Waals surface area (Å²) in [6.45, 7) is 4.29. The molecule has 0 fully saturated rings. The molecule has 0 bridgehead atoms. The van der Waals surface area contributed by atoms with Gasteiger partial charge in [0.1, 0.15) is 5.75 Å². The van der Waals surface area contributed by atoms with Gasteiger partial charge in [-0.15, -0.1) is 0 Å². The second kappa shape index (κ2) is 7.39. The Morgan fingerprint density at radius 2 is 1.54 bits per heavy atom. The number of hydrogen-bond acceptors (Lipinski definition) is 5. The van der Waals surface area contributed by atoms with Crippen LogP contribution in [0, 0.1) is 0 Å². The van der Waals surface area contributed by atoms with Crippen LogP contribution in [0.3, 0.4) is 0 Å². The van der Waals surface area contributed by atoms with Gasteiger partial charge in [0.2, 0.25) is 0 Å². The van der Waals surface area contributed by atoms with Crippen molar-refractivity contribution in [1.29, 1.82) is 0 Å². The zero-order valence-electron chi connectivity index (χ0n) is 14.6. The highest BCUT2D eigenvalue weighted by atomic mass is 16.7. The Bertz CT molecular complexity index is 807. The Kier molecular flexibility index (Phi) is 5.02. The number of fused-ring (bicyclic) bond motifs is 1. The van der Waals surface area contributed by atoms with Gasteiger partial charge in [-0.25, -0.2) is 4.79 Å². The quantitative estimate of drug-likeness (QED) is 0.745. The highest BCUT2D eigenvalue weighted by Crippen LogP contribution is 2.23. The minimum Gasteiger partial charge on any atom is -0.493 e. The van der Waals surface area contributed by atoms with E-state index in [1.165, 1.54) is 17.7 Å². The summed E-state index contributed by atoms with van der Waals surface area (Å²) in [6.07, 6.45) is -0.0840. The Balaban J connectivity index is 1.51. The van der Waals surface area contributed by atoms with Crippen LogP contribution in [0.4, 0.5) is 0 Å². The average molecular weight is 353 g/mol. The van der Waals surface area contributed by atoms with Crippen LogP contribution >= 0.6 is 0 Å². The molecule has 0 unspecified atom stereocenters. The van der Waals surface area contributed by atoms with Gasteiger partial charge in [0, 0.05) is 0 Å². The maximum atomic E-state index is 12.1. The van der Waals surface area contributed by atoms with Crippen molar-refractivity contribution in [2.45, 2.75) is 26.2 Å². The third-order valence-corrected chi connectivity index (χ3v) is 4.07. The molecule has 0 aliphatic carbocycles. The lowest BCUT2D eigenvalue weighted by Crippen LogP contribution is -2.33. The molecule has 134 valence electrons. The number of rotatable bonds is 6. The molecule has 1 aliphatic rings. The predicted octanol–water partition coefficient (Wildman–Crippen LogP) is 3.33. The van der Waals surface area contributed by atoms with E-state index in [-0.39, 0.29) is 24.2 Å². The number of benzene rings is 2. The molecule has 0 N–H and O–H groups in total. The molecule has 2 aromatic rings. The Labute approximate surface area is 151 Å². The lowest BCUT2D eigenvalue weighted by atomic mass is 10.0. The van der Waals surface area contributed by atoms with E-state index in [9.17, 15) is 14.4 Å². The van der Waals surface area contributed by atoms with Gasteiger partial charge in [-0.05, 0) is 35.7 Å². The number of carbonyl (C=O) groups is 3. The van der Waals surface area contributed by atoms with Crippen molar-refractivity contribution in [3.05, 3.63) is 65.2 Å². The van der Waals surface area contributed by atoms with E-state index >= 15 is 0 Å². The summed E-state index contributed by atoms with van der Waals surface area (Å²) in [5, 5.41) is 0.504. The van der Waals surface area contributed by atoms with Crippen LogP contribution in [0.2, 0.25) is 0 Å². The first-order valence-electron chi connectivity index (χ1n) is 8.38. The maximum Gasteiger partial charge on any atom is 0.336 e. The van der Waals surface area contributed by atoms with Gasteiger partial charge in [-0.1, -0.05) is 43.2 Å². The first kappa shape index (κ1) is 17.7. The average Bonchev–Trinajstić information content (AvgIpc) is 2.87. The molecule has 0 saturated carbocycles. The number of hydroxylamine groups is 2. The first-order chi connectivity index (χ1) is 12.5. The normalized spacial score (nSPS) is 13.1. The molecular weight excluding hydrogens is 334 g/mol. The molecule has 2 aromatic carbocycles. The topological polar surface area (TPSA) is 72.9 Å². The van der Waals surface area contributed by atoms with Gasteiger partial charge in [-0.3, -0.25) is 9.59 Å². The van der Waals surface area contributed by atoms with Crippen LogP contribution in [0.25, 0.3) is 0 Å². The lowest BCUT2D eigenvalue weighted by molar-refractivity contribution is -0.169. The van der Waals surface area contributed by atoms with Gasteiger partial charge in [0.05, 0.1) is 24.2 Å². The Hall–Kier alpha value is -3.15. The molecule has 1 aliphatic heterocycles. The summed E-state index contributed by atoms with van der Waals surface area (Å²) in [5.41, 5.74) is 1.65. The summed E-state index contributed by atoms with van der Waals surface area (Å²) in [7, 11) is 0. The third kappa shape index (κ3) is 3.59. The molecule has 0 aromatic heterocycles. The number of hydrogen-bond donors (Lipinski definition) is 0. The Morgan fingerprint density at radius 1 is 0.962 bits per heavy atom. The van der Waals surface area contributed by atoms with Crippen LogP contribution < -0.4 is 4.74 Å². The molecule has 2 amide bonds. The fourth-order valence-corrected chi connectivity index (χ4v) is 2.60. The van der Waals surface area contributed by atoms with Crippen LogP contribution in [-0.4, -0.2) is 29.5 Å². The molecule has 26 heavy (non-hydrogen) atoms. The van der Waals surface area contributed by atoms with Crippen molar-refractivity contribution in [3.63, 3.8) is 0 Å². The smallest absolute Gasteiger partial charge is 0.336 e. The first-order valence-corrected chi connectivity index (χ1v) is 8.38. The third-order valence-electron chi connectivity index (χ3n) is 4.07. The number of nitrogens with zero attached hydrogens (tertiary/aromatic N) is 1. The molecule has 0 saturated heterocycles. The van der Waals surface area contributed by atoms with E-state index in [0.29, 0.717) is 16.7 Å². The number of carbonyl (C=O) groups excluding carboxylic acids is 3. The fourth-order valence-electron chi connectivity index (χ4n) is 2.60. The second-order valence-electron chi connectivity index (χ2n) is 6.24. The van der Waals surface area contributed by atoms with Gasteiger partial charge in [-0.2, -0.15) is 0 Å². The van der Waals surface area contributed by atoms with Gasteiger partial charge in [0.15, 0.2) is 0 Å². The molecule has 3 rings (SSSR count). The van der Waals surface area contributed by atoms with E-state index < -0.39 is 17.8 Å². The standard InChI is InChI=1S/C20H19NO5/c1-13(2)14-7-9-15(10-8-14)25-12-11-18(22)26-21-19(23)16-5-3-4-6-17(16)20(21)24/h3-10,13H,11-12H2,1-2H3. The van der Waals surface area contributed by atoms with E-state index in [4.69, 9.17) is 9.57 Å². The van der Waals surface area contributed by atoms with Crippen LogP contribution in [0.15, 0.2) is 48.5 Å². The van der Waals surface area contributed by atoms with Crippen molar-refractivity contribution < 1.29 is 24.0 Å². The molecule has 6 heteroatoms. The highest BCUT2D eigenvalue weighted by molar-refractivity contribution is 6.20. The molecule has 1 heterocycles. The highest BCUT2D eigenvalue weighted by Gasteiger charge is 2.38. The van der Waals surface area contributed by atoms with Crippen molar-refractivity contribution in [2.24, 2.45) is 0 Å². The maximum absolute atomic E-state index is 12.1. The minimum atomic E-state index is -0.710. The van der Waals surface area contributed by atoms with E-state index in [0.717, 1.165) is 0 Å². The van der Waals surface area contributed by atoms with Crippen molar-refractivity contribution >= 4 is 17.8 Å². The summed E-state index contributed by atoms with van der Waals surface area (Å²) >= 11 is 0. The molecule has 0 radical (unpaired) electrons.